The second-order valence-electron chi connectivity index (χ2n) is 7.24. The van der Waals surface area contributed by atoms with Crippen LogP contribution >= 0.6 is 0 Å². The summed E-state index contributed by atoms with van der Waals surface area (Å²) in [5.41, 5.74) is 2.30. The highest BCUT2D eigenvalue weighted by Gasteiger charge is 2.50. The van der Waals surface area contributed by atoms with Gasteiger partial charge in [-0.2, -0.15) is 0 Å². The van der Waals surface area contributed by atoms with Crippen LogP contribution in [0.1, 0.15) is 29.3 Å². The molecule has 0 aliphatic carbocycles. The first kappa shape index (κ1) is 16.5. The first-order valence-corrected chi connectivity index (χ1v) is 8.63. The monoisotopic (exact) mass is 316 g/mol. The van der Waals surface area contributed by atoms with Gasteiger partial charge in [0.15, 0.2) is 0 Å². The van der Waals surface area contributed by atoms with E-state index in [1.807, 2.05) is 17.0 Å². The normalized spacial score (nSPS) is 28.0. The van der Waals surface area contributed by atoms with Gasteiger partial charge in [0, 0.05) is 50.2 Å². The van der Waals surface area contributed by atoms with Crippen LogP contribution in [0.25, 0.3) is 0 Å². The van der Waals surface area contributed by atoms with E-state index in [0.717, 1.165) is 51.2 Å². The highest BCUT2D eigenvalue weighted by molar-refractivity contribution is 5.94. The Bertz CT molecular complexity index is 557. The molecule has 2 atom stereocenters. The van der Waals surface area contributed by atoms with Crippen molar-refractivity contribution in [2.45, 2.75) is 19.8 Å². The molecular weight excluding hydrogens is 288 g/mol. The Hall–Kier alpha value is -1.39. The van der Waals surface area contributed by atoms with Crippen LogP contribution < -0.4 is 0 Å². The van der Waals surface area contributed by atoms with Gasteiger partial charge in [0.05, 0.1) is 6.61 Å². The minimum absolute atomic E-state index is 0.176. The average Bonchev–Trinajstić information content (AvgIpc) is 3.11. The zero-order valence-electron chi connectivity index (χ0n) is 14.5. The maximum absolute atomic E-state index is 12.8. The van der Waals surface area contributed by atoms with Gasteiger partial charge in [0.2, 0.25) is 0 Å². The van der Waals surface area contributed by atoms with Crippen molar-refractivity contribution in [2.24, 2.45) is 11.3 Å². The smallest absolute Gasteiger partial charge is 0.253 e. The average molecular weight is 316 g/mol. The Labute approximate surface area is 139 Å². The third kappa shape index (κ3) is 3.15. The van der Waals surface area contributed by atoms with Crippen LogP contribution in [-0.4, -0.2) is 62.7 Å². The molecule has 4 heteroatoms. The van der Waals surface area contributed by atoms with Crippen LogP contribution in [0.15, 0.2) is 24.3 Å². The van der Waals surface area contributed by atoms with Gasteiger partial charge >= 0.3 is 0 Å². The summed E-state index contributed by atoms with van der Waals surface area (Å²) < 4.78 is 5.44. The molecule has 4 nitrogen and oxygen atoms in total. The molecule has 0 bridgehead atoms. The van der Waals surface area contributed by atoms with E-state index in [1.165, 1.54) is 5.56 Å². The van der Waals surface area contributed by atoms with Crippen LogP contribution in [0.5, 0.6) is 0 Å². The fourth-order valence-corrected chi connectivity index (χ4v) is 4.33. The number of benzene rings is 1. The number of carbonyl (C=O) groups is 1. The summed E-state index contributed by atoms with van der Waals surface area (Å²) in [6.07, 6.45) is 2.09. The van der Waals surface area contributed by atoms with E-state index < -0.39 is 0 Å². The molecule has 126 valence electrons. The zero-order valence-corrected chi connectivity index (χ0v) is 14.5. The molecule has 2 aliphatic heterocycles. The predicted molar refractivity (Wildman–Crippen MR) is 91.6 cm³/mol. The minimum atomic E-state index is 0.176. The van der Waals surface area contributed by atoms with E-state index in [2.05, 4.69) is 31.0 Å². The lowest BCUT2D eigenvalue weighted by Crippen LogP contribution is -2.38. The summed E-state index contributed by atoms with van der Waals surface area (Å²) in [7, 11) is 3.95. The fourth-order valence-electron chi connectivity index (χ4n) is 4.33. The number of rotatable bonds is 4. The summed E-state index contributed by atoms with van der Waals surface area (Å²) >= 11 is 0. The molecule has 2 heterocycles. The highest BCUT2D eigenvalue weighted by Crippen LogP contribution is 2.43. The Morgan fingerprint density at radius 2 is 2.04 bits per heavy atom. The predicted octanol–water partition coefficient (Wildman–Crippen LogP) is 2.29. The molecule has 1 aromatic rings. The lowest BCUT2D eigenvalue weighted by atomic mass is 9.77. The quantitative estimate of drug-likeness (QED) is 0.854. The summed E-state index contributed by atoms with van der Waals surface area (Å²) in [5, 5.41) is 0. The maximum atomic E-state index is 12.8. The molecule has 2 saturated heterocycles. The van der Waals surface area contributed by atoms with Gasteiger partial charge in [-0.3, -0.25) is 4.79 Å². The molecule has 0 aromatic heterocycles. The van der Waals surface area contributed by atoms with Crippen molar-refractivity contribution in [3.63, 3.8) is 0 Å². The Morgan fingerprint density at radius 1 is 1.30 bits per heavy atom. The number of nitrogens with zero attached hydrogens (tertiary/aromatic N) is 2. The molecule has 0 saturated carbocycles. The van der Waals surface area contributed by atoms with E-state index in [0.29, 0.717) is 5.92 Å². The summed E-state index contributed by atoms with van der Waals surface area (Å²) in [5.74, 6) is 0.702. The van der Waals surface area contributed by atoms with Crippen molar-refractivity contribution < 1.29 is 9.53 Å². The molecule has 2 fully saturated rings. The van der Waals surface area contributed by atoms with Crippen molar-refractivity contribution in [3.05, 3.63) is 35.4 Å². The lowest BCUT2D eigenvalue weighted by Gasteiger charge is -2.30. The summed E-state index contributed by atoms with van der Waals surface area (Å²) in [4.78, 5) is 17.2. The van der Waals surface area contributed by atoms with Crippen molar-refractivity contribution in [1.82, 2.24) is 9.80 Å². The molecule has 0 unspecified atom stereocenters. The van der Waals surface area contributed by atoms with Crippen molar-refractivity contribution in [2.75, 3.05) is 46.9 Å². The van der Waals surface area contributed by atoms with Gasteiger partial charge in [-0.25, -0.2) is 0 Å². The number of ether oxygens (including phenoxy) is 1. The van der Waals surface area contributed by atoms with Crippen molar-refractivity contribution in [3.8, 4) is 0 Å². The Balaban J connectivity index is 1.72. The second-order valence-corrected chi connectivity index (χ2v) is 7.24. The number of hydrogen-bond donors (Lipinski definition) is 0. The van der Waals surface area contributed by atoms with Crippen LogP contribution in [-0.2, 0) is 11.2 Å². The molecule has 0 radical (unpaired) electrons. The Morgan fingerprint density at radius 3 is 2.70 bits per heavy atom. The Kier molecular flexibility index (Phi) is 4.74. The van der Waals surface area contributed by atoms with E-state index in [-0.39, 0.29) is 11.3 Å². The number of hydrogen-bond acceptors (Lipinski definition) is 3. The molecule has 1 amide bonds. The first-order chi connectivity index (χ1) is 11.1. The number of amides is 1. The van der Waals surface area contributed by atoms with Gasteiger partial charge in [-0.05, 0) is 37.6 Å². The van der Waals surface area contributed by atoms with Crippen LogP contribution in [0, 0.1) is 11.3 Å². The van der Waals surface area contributed by atoms with Gasteiger partial charge in [-0.1, -0.05) is 19.1 Å². The topological polar surface area (TPSA) is 32.8 Å². The molecule has 23 heavy (non-hydrogen) atoms. The van der Waals surface area contributed by atoms with E-state index >= 15 is 0 Å². The van der Waals surface area contributed by atoms with Crippen LogP contribution in [0.4, 0.5) is 0 Å². The molecular formula is C19H28N2O2. The SMILES string of the molecule is CCc1ccc(C(=O)N2CC[C@@]3(CN(C)C[C@@H]3COC)C2)cc1. The van der Waals surface area contributed by atoms with Gasteiger partial charge in [-0.15, -0.1) is 0 Å². The van der Waals surface area contributed by atoms with Gasteiger partial charge < -0.3 is 14.5 Å². The van der Waals surface area contributed by atoms with Crippen molar-refractivity contribution >= 4 is 5.91 Å². The summed E-state index contributed by atoms with van der Waals surface area (Å²) in [6, 6.07) is 8.07. The van der Waals surface area contributed by atoms with Crippen LogP contribution in [0.2, 0.25) is 0 Å². The van der Waals surface area contributed by atoms with E-state index in [1.54, 1.807) is 7.11 Å². The fraction of sp³-hybridized carbons (Fsp3) is 0.632. The zero-order chi connectivity index (χ0) is 16.4. The van der Waals surface area contributed by atoms with E-state index in [4.69, 9.17) is 4.74 Å². The molecule has 1 aromatic carbocycles. The second kappa shape index (κ2) is 6.62. The minimum Gasteiger partial charge on any atom is -0.384 e. The van der Waals surface area contributed by atoms with Gasteiger partial charge in [0.1, 0.15) is 0 Å². The number of aryl methyl sites for hydroxylation is 1. The third-order valence-electron chi connectivity index (χ3n) is 5.63. The highest BCUT2D eigenvalue weighted by atomic mass is 16.5. The number of carbonyl (C=O) groups excluding carboxylic acids is 1. The molecule has 0 N–H and O–H groups in total. The largest absolute Gasteiger partial charge is 0.384 e. The lowest BCUT2D eigenvalue weighted by molar-refractivity contribution is 0.0716. The maximum Gasteiger partial charge on any atom is 0.253 e. The van der Waals surface area contributed by atoms with Crippen LogP contribution in [0.3, 0.4) is 0 Å². The van der Waals surface area contributed by atoms with E-state index in [9.17, 15) is 4.79 Å². The third-order valence-corrected chi connectivity index (χ3v) is 5.63. The first-order valence-electron chi connectivity index (χ1n) is 8.63. The standard InChI is InChI=1S/C19H28N2O2/c1-4-15-5-7-16(8-6-15)18(22)21-10-9-19(14-21)13-20(2)11-17(19)12-23-3/h5-8,17H,4,9-14H2,1-3H3/t17-,19-/m1/s1. The van der Waals surface area contributed by atoms with Crippen molar-refractivity contribution in [1.29, 1.82) is 0 Å². The number of likely N-dealkylation sites (tertiary alicyclic amines) is 2. The van der Waals surface area contributed by atoms with Gasteiger partial charge in [0.25, 0.3) is 5.91 Å². The summed E-state index contributed by atoms with van der Waals surface area (Å²) in [6.45, 7) is 6.79. The molecule has 1 spiro atoms. The molecule has 2 aliphatic rings. The molecule has 3 rings (SSSR count). The number of methoxy groups -OCH3 is 1.